The number of ether oxygens (including phenoxy) is 1. The number of sulfonamides is 1. The summed E-state index contributed by atoms with van der Waals surface area (Å²) in [4.78, 5) is 12.1. The van der Waals surface area contributed by atoms with Gasteiger partial charge in [-0.25, -0.2) is 13.8 Å². The van der Waals surface area contributed by atoms with E-state index in [4.69, 9.17) is 4.74 Å². The summed E-state index contributed by atoms with van der Waals surface area (Å²) in [7, 11) is -2.47. The van der Waals surface area contributed by atoms with Crippen LogP contribution in [0.1, 0.15) is 18.1 Å². The van der Waals surface area contributed by atoms with Crippen LogP contribution in [0.5, 0.6) is 11.5 Å². The van der Waals surface area contributed by atoms with E-state index in [-0.39, 0.29) is 10.6 Å². The summed E-state index contributed by atoms with van der Waals surface area (Å²) in [5.74, 6) is -0.405. The van der Waals surface area contributed by atoms with E-state index < -0.39 is 22.5 Å². The lowest BCUT2D eigenvalue weighted by atomic mass is 10.2. The summed E-state index contributed by atoms with van der Waals surface area (Å²) < 4.78 is 31.2. The van der Waals surface area contributed by atoms with Crippen LogP contribution in [0.4, 0.5) is 0 Å². The van der Waals surface area contributed by atoms with Gasteiger partial charge in [-0.1, -0.05) is 23.8 Å². The number of hydrogen-bond donors (Lipinski definition) is 2. The zero-order chi connectivity index (χ0) is 20.7. The first-order valence-electron chi connectivity index (χ1n) is 8.55. The molecule has 2 rings (SSSR count). The molecule has 9 heteroatoms. The number of aryl methyl sites for hydroxylation is 1. The maximum Gasteiger partial charge on any atom is 0.255 e. The number of carbonyl (C=O) groups is 1. The number of para-hydroxylation sites is 1. The van der Waals surface area contributed by atoms with Gasteiger partial charge >= 0.3 is 0 Å². The van der Waals surface area contributed by atoms with E-state index in [9.17, 15) is 18.3 Å². The van der Waals surface area contributed by atoms with E-state index >= 15 is 0 Å². The van der Waals surface area contributed by atoms with Gasteiger partial charge in [0.15, 0.2) is 11.5 Å². The number of likely N-dealkylation sites (N-methyl/N-ethyl adjacent to an activating group) is 1. The summed E-state index contributed by atoms with van der Waals surface area (Å²) in [6.45, 7) is 3.64. The second kappa shape index (κ2) is 9.34. The van der Waals surface area contributed by atoms with Crippen LogP contribution in [0.15, 0.2) is 52.5 Å². The summed E-state index contributed by atoms with van der Waals surface area (Å²) >= 11 is 0. The van der Waals surface area contributed by atoms with Gasteiger partial charge in [0, 0.05) is 12.6 Å². The Morgan fingerprint density at radius 3 is 2.57 bits per heavy atom. The zero-order valence-electron chi connectivity index (χ0n) is 15.9. The molecule has 2 N–H and O–H groups in total. The fourth-order valence-electron chi connectivity index (χ4n) is 2.30. The molecule has 1 amide bonds. The minimum atomic E-state index is -3.78. The van der Waals surface area contributed by atoms with Crippen LogP contribution in [0.2, 0.25) is 0 Å². The van der Waals surface area contributed by atoms with Crippen molar-refractivity contribution in [1.82, 2.24) is 9.73 Å². The van der Waals surface area contributed by atoms with E-state index in [1.165, 1.54) is 25.4 Å². The first kappa shape index (κ1) is 21.4. The molecule has 8 nitrogen and oxygen atoms in total. The number of benzene rings is 2. The molecule has 0 fully saturated rings. The quantitative estimate of drug-likeness (QED) is 0.515. The molecule has 0 spiro atoms. The van der Waals surface area contributed by atoms with Gasteiger partial charge in [-0.15, -0.1) is 0 Å². The lowest BCUT2D eigenvalue weighted by molar-refractivity contribution is -0.121. The third kappa shape index (κ3) is 5.30. The van der Waals surface area contributed by atoms with Gasteiger partial charge < -0.3 is 9.84 Å². The number of hydrogen-bond acceptors (Lipinski definition) is 6. The smallest absolute Gasteiger partial charge is 0.255 e. The Morgan fingerprint density at radius 1 is 1.25 bits per heavy atom. The molecular formula is C19H23N3O5S. The number of phenols is 1. The number of rotatable bonds is 8. The number of hydrazone groups is 1. The van der Waals surface area contributed by atoms with Crippen molar-refractivity contribution in [3.63, 3.8) is 0 Å². The highest BCUT2D eigenvalue weighted by Crippen LogP contribution is 2.28. The van der Waals surface area contributed by atoms with Crippen LogP contribution in [-0.2, 0) is 14.8 Å². The second-order valence-electron chi connectivity index (χ2n) is 5.99. The normalized spacial score (nSPS) is 11.7. The third-order valence-electron chi connectivity index (χ3n) is 3.82. The Kier molecular flexibility index (Phi) is 7.13. The zero-order valence-corrected chi connectivity index (χ0v) is 16.7. The van der Waals surface area contributed by atoms with Crippen LogP contribution < -0.4 is 10.2 Å². The largest absolute Gasteiger partial charge is 0.504 e. The van der Waals surface area contributed by atoms with Gasteiger partial charge in [-0.05, 0) is 38.1 Å². The van der Waals surface area contributed by atoms with Gasteiger partial charge in [0.1, 0.15) is 0 Å². The lowest BCUT2D eigenvalue weighted by Crippen LogP contribution is -2.36. The number of nitrogens with zero attached hydrogens (tertiary/aromatic N) is 2. The molecule has 0 atom stereocenters. The molecule has 0 saturated heterocycles. The van der Waals surface area contributed by atoms with E-state index in [0.717, 1.165) is 9.87 Å². The van der Waals surface area contributed by atoms with E-state index in [1.807, 2.05) is 6.92 Å². The first-order valence-corrected chi connectivity index (χ1v) is 9.99. The van der Waals surface area contributed by atoms with Crippen molar-refractivity contribution in [3.8, 4) is 11.5 Å². The third-order valence-corrected chi connectivity index (χ3v) is 5.64. The number of aromatic hydroxyl groups is 1. The Hall–Kier alpha value is -2.91. The first-order chi connectivity index (χ1) is 13.3. The molecule has 0 aliphatic carbocycles. The van der Waals surface area contributed by atoms with Gasteiger partial charge in [0.25, 0.3) is 5.91 Å². The summed E-state index contributed by atoms with van der Waals surface area (Å²) in [6, 6.07) is 11.2. The maximum atomic E-state index is 12.5. The SMILES string of the molecule is CCOc1cccc(/C=N/NC(=O)CN(C)S(=O)(=O)c2ccc(C)cc2)c1O. The van der Waals surface area contributed by atoms with Crippen molar-refractivity contribution >= 4 is 22.1 Å². The van der Waals surface area contributed by atoms with E-state index in [1.54, 1.807) is 37.3 Å². The van der Waals surface area contributed by atoms with Gasteiger partial charge in [0.2, 0.25) is 10.0 Å². The van der Waals surface area contributed by atoms with Crippen LogP contribution in [-0.4, -0.2) is 50.2 Å². The molecule has 28 heavy (non-hydrogen) atoms. The van der Waals surface area contributed by atoms with Gasteiger partial charge in [-0.2, -0.15) is 9.41 Å². The minimum Gasteiger partial charge on any atom is -0.504 e. The van der Waals surface area contributed by atoms with Crippen molar-refractivity contribution in [3.05, 3.63) is 53.6 Å². The van der Waals surface area contributed by atoms with Crippen molar-refractivity contribution in [1.29, 1.82) is 0 Å². The lowest BCUT2D eigenvalue weighted by Gasteiger charge is -2.16. The fourth-order valence-corrected chi connectivity index (χ4v) is 3.43. The molecule has 0 unspecified atom stereocenters. The minimum absolute atomic E-state index is 0.0959. The highest BCUT2D eigenvalue weighted by Gasteiger charge is 2.22. The maximum absolute atomic E-state index is 12.5. The number of phenolic OH excluding ortho intramolecular Hbond substituents is 1. The molecule has 0 bridgehead atoms. The van der Waals surface area contributed by atoms with Crippen LogP contribution >= 0.6 is 0 Å². The predicted octanol–water partition coefficient (Wildman–Crippen LogP) is 1.87. The molecule has 0 radical (unpaired) electrons. The van der Waals surface area contributed by atoms with E-state index in [0.29, 0.717) is 17.9 Å². The fraction of sp³-hybridized carbons (Fsp3) is 0.263. The number of carbonyl (C=O) groups excluding carboxylic acids is 1. The Bertz CT molecular complexity index is 956. The Balaban J connectivity index is 1.99. The van der Waals surface area contributed by atoms with Gasteiger partial charge in [0.05, 0.1) is 24.3 Å². The average molecular weight is 405 g/mol. The van der Waals surface area contributed by atoms with Crippen LogP contribution in [0.3, 0.4) is 0 Å². The second-order valence-corrected chi connectivity index (χ2v) is 8.04. The monoisotopic (exact) mass is 405 g/mol. The molecule has 0 aliphatic heterocycles. The summed E-state index contributed by atoms with van der Waals surface area (Å²) in [5, 5.41) is 13.8. The molecule has 150 valence electrons. The van der Waals surface area contributed by atoms with E-state index in [2.05, 4.69) is 10.5 Å². The van der Waals surface area contributed by atoms with Crippen molar-refractivity contribution in [2.75, 3.05) is 20.2 Å². The standard InChI is InChI=1S/C19H23N3O5S/c1-4-27-17-7-5-6-15(19(17)24)12-20-21-18(23)13-22(3)28(25,26)16-10-8-14(2)9-11-16/h5-12,24H,4,13H2,1-3H3,(H,21,23)/b20-12+. The summed E-state index contributed by atoms with van der Waals surface area (Å²) in [6.07, 6.45) is 1.25. The van der Waals surface area contributed by atoms with Crippen LogP contribution in [0, 0.1) is 6.92 Å². The molecule has 0 saturated carbocycles. The number of nitrogens with one attached hydrogen (secondary N) is 1. The molecule has 0 aromatic heterocycles. The molecule has 2 aromatic rings. The highest BCUT2D eigenvalue weighted by atomic mass is 32.2. The number of amides is 1. The molecule has 0 heterocycles. The Labute approximate surface area is 164 Å². The van der Waals surface area contributed by atoms with Crippen LogP contribution in [0.25, 0.3) is 0 Å². The molecular weight excluding hydrogens is 382 g/mol. The Morgan fingerprint density at radius 2 is 1.93 bits per heavy atom. The van der Waals surface area contributed by atoms with Crippen molar-refractivity contribution in [2.24, 2.45) is 5.10 Å². The highest BCUT2D eigenvalue weighted by molar-refractivity contribution is 7.89. The predicted molar refractivity (Wildman–Crippen MR) is 106 cm³/mol. The van der Waals surface area contributed by atoms with Crippen molar-refractivity contribution < 1.29 is 23.1 Å². The summed E-state index contributed by atoms with van der Waals surface area (Å²) in [5.41, 5.74) is 3.53. The van der Waals surface area contributed by atoms with Crippen molar-refractivity contribution in [2.45, 2.75) is 18.7 Å². The molecule has 2 aromatic carbocycles. The topological polar surface area (TPSA) is 108 Å². The molecule has 0 aliphatic rings. The average Bonchev–Trinajstić information content (AvgIpc) is 2.65. The van der Waals surface area contributed by atoms with Gasteiger partial charge in [-0.3, -0.25) is 4.79 Å².